The van der Waals surface area contributed by atoms with E-state index in [2.05, 4.69) is 77.2 Å². The average Bonchev–Trinajstić information content (AvgIpc) is 2.70. The van der Waals surface area contributed by atoms with E-state index in [1.54, 1.807) is 6.20 Å². The van der Waals surface area contributed by atoms with E-state index in [4.69, 9.17) is 0 Å². The van der Waals surface area contributed by atoms with Crippen molar-refractivity contribution in [3.63, 3.8) is 0 Å². The molecule has 0 radical (unpaired) electrons. The number of pyridine rings is 1. The lowest BCUT2D eigenvalue weighted by atomic mass is 10.0. The van der Waals surface area contributed by atoms with Gasteiger partial charge in [-0.05, 0) is 43.7 Å². The molecule has 0 aliphatic carbocycles. The van der Waals surface area contributed by atoms with Crippen LogP contribution in [0.1, 0.15) is 25.0 Å². The molecule has 0 saturated carbocycles. The number of nitrogens with zero attached hydrogens (tertiary/aromatic N) is 4. The van der Waals surface area contributed by atoms with Crippen LogP contribution in [0.5, 0.6) is 0 Å². The molecule has 1 aliphatic heterocycles. The van der Waals surface area contributed by atoms with Gasteiger partial charge in [-0.3, -0.25) is 9.88 Å². The molecule has 2 atom stereocenters. The van der Waals surface area contributed by atoms with Crippen molar-refractivity contribution in [1.82, 2.24) is 9.88 Å². The van der Waals surface area contributed by atoms with Crippen LogP contribution in [0.4, 0.5) is 5.69 Å². The molecule has 0 N–H and O–H groups in total. The molecule has 0 amide bonds. The second-order valence-electron chi connectivity index (χ2n) is 7.41. The Balaban J connectivity index is 1.62. The summed E-state index contributed by atoms with van der Waals surface area (Å²) >= 11 is 0. The smallest absolute Gasteiger partial charge is 0.101 e. The first-order valence-electron chi connectivity index (χ1n) is 9.50. The van der Waals surface area contributed by atoms with Crippen molar-refractivity contribution < 1.29 is 0 Å². The topological polar surface area (TPSA) is 43.2 Å². The number of nitriles is 1. The number of hydrogen-bond acceptors (Lipinski definition) is 4. The average molecular weight is 356 g/mol. The number of benzene rings is 2. The normalized spacial score (nSPS) is 20.6. The van der Waals surface area contributed by atoms with Crippen LogP contribution in [0.2, 0.25) is 0 Å². The predicted molar refractivity (Wildman–Crippen MR) is 110 cm³/mol. The molecule has 1 aromatic heterocycles. The summed E-state index contributed by atoms with van der Waals surface area (Å²) in [4.78, 5) is 9.49. The second kappa shape index (κ2) is 7.38. The summed E-state index contributed by atoms with van der Waals surface area (Å²) in [5, 5.41) is 10.5. The quantitative estimate of drug-likeness (QED) is 0.705. The second-order valence-corrected chi connectivity index (χ2v) is 7.41. The third-order valence-electron chi connectivity index (χ3n) is 5.52. The standard InChI is InChI=1S/C23H24N4/c1-17-15-27(18(2)14-26(17)16-19-7-4-3-5-8-19)22-11-10-20(13-24)23-21(22)9-6-12-25-23/h3-12,17-18H,14-16H2,1-2H3/t17-,18+/m1/s1. The first-order chi connectivity index (χ1) is 13.2. The number of fused-ring (bicyclic) bond motifs is 1. The number of hydrogen-bond donors (Lipinski definition) is 0. The number of piperazine rings is 1. The van der Waals surface area contributed by atoms with Crippen molar-refractivity contribution in [2.24, 2.45) is 0 Å². The van der Waals surface area contributed by atoms with Crippen LogP contribution in [0.3, 0.4) is 0 Å². The van der Waals surface area contributed by atoms with Crippen LogP contribution in [0.25, 0.3) is 10.9 Å². The van der Waals surface area contributed by atoms with Gasteiger partial charge >= 0.3 is 0 Å². The maximum Gasteiger partial charge on any atom is 0.101 e. The highest BCUT2D eigenvalue weighted by atomic mass is 15.3. The van der Waals surface area contributed by atoms with Gasteiger partial charge in [0.05, 0.1) is 11.1 Å². The molecule has 3 aromatic rings. The Morgan fingerprint density at radius 3 is 2.59 bits per heavy atom. The highest BCUT2D eigenvalue weighted by molar-refractivity contribution is 5.95. The Hall–Kier alpha value is -2.90. The van der Waals surface area contributed by atoms with Gasteiger partial charge in [0.1, 0.15) is 6.07 Å². The molecule has 27 heavy (non-hydrogen) atoms. The molecule has 136 valence electrons. The molecule has 4 nitrogen and oxygen atoms in total. The van der Waals surface area contributed by atoms with Crippen molar-refractivity contribution in [2.45, 2.75) is 32.5 Å². The monoisotopic (exact) mass is 356 g/mol. The zero-order chi connectivity index (χ0) is 18.8. The van der Waals surface area contributed by atoms with Crippen LogP contribution in [-0.4, -0.2) is 35.1 Å². The van der Waals surface area contributed by atoms with Gasteiger partial charge in [-0.25, -0.2) is 0 Å². The maximum absolute atomic E-state index is 9.40. The first-order valence-corrected chi connectivity index (χ1v) is 9.50. The van der Waals surface area contributed by atoms with Gasteiger partial charge in [-0.1, -0.05) is 30.3 Å². The Labute approximate surface area is 160 Å². The van der Waals surface area contributed by atoms with Gasteiger partial charge in [-0.15, -0.1) is 0 Å². The number of anilines is 1. The van der Waals surface area contributed by atoms with Crippen molar-refractivity contribution in [1.29, 1.82) is 5.26 Å². The van der Waals surface area contributed by atoms with Gasteiger partial charge < -0.3 is 4.90 Å². The summed E-state index contributed by atoms with van der Waals surface area (Å²) in [7, 11) is 0. The lowest BCUT2D eigenvalue weighted by Crippen LogP contribution is -2.56. The van der Waals surface area contributed by atoms with Crippen molar-refractivity contribution in [3.8, 4) is 6.07 Å². The summed E-state index contributed by atoms with van der Waals surface area (Å²) in [6.45, 7) is 7.54. The lowest BCUT2D eigenvalue weighted by molar-refractivity contribution is 0.158. The van der Waals surface area contributed by atoms with E-state index in [0.717, 1.165) is 30.5 Å². The predicted octanol–water partition coefficient (Wildman–Crippen LogP) is 4.21. The van der Waals surface area contributed by atoms with Crippen LogP contribution in [0, 0.1) is 11.3 Å². The van der Waals surface area contributed by atoms with Crippen molar-refractivity contribution >= 4 is 16.6 Å². The number of aromatic nitrogens is 1. The Kier molecular flexibility index (Phi) is 4.79. The SMILES string of the molecule is C[C@@H]1CN(c2ccc(C#N)c3ncccc23)[C@@H](C)CN1Cc1ccccc1. The molecule has 1 saturated heterocycles. The van der Waals surface area contributed by atoms with Crippen LogP contribution in [0.15, 0.2) is 60.8 Å². The summed E-state index contributed by atoms with van der Waals surface area (Å²) in [5.74, 6) is 0. The van der Waals surface area contributed by atoms with E-state index in [1.165, 1.54) is 11.3 Å². The first kappa shape index (κ1) is 17.5. The highest BCUT2D eigenvalue weighted by Gasteiger charge is 2.30. The van der Waals surface area contributed by atoms with Gasteiger partial charge in [0.2, 0.25) is 0 Å². The van der Waals surface area contributed by atoms with E-state index in [1.807, 2.05) is 12.1 Å². The molecule has 0 unspecified atom stereocenters. The largest absolute Gasteiger partial charge is 0.365 e. The zero-order valence-electron chi connectivity index (χ0n) is 15.8. The summed E-state index contributed by atoms with van der Waals surface area (Å²) in [5.41, 5.74) is 3.97. The third kappa shape index (κ3) is 3.39. The molecule has 1 aliphatic rings. The maximum atomic E-state index is 9.40. The summed E-state index contributed by atoms with van der Waals surface area (Å²) < 4.78 is 0. The summed E-state index contributed by atoms with van der Waals surface area (Å²) in [6, 6.07) is 21.8. The minimum absolute atomic E-state index is 0.390. The molecular formula is C23H24N4. The van der Waals surface area contributed by atoms with Gasteiger partial charge in [-0.2, -0.15) is 5.26 Å². The minimum Gasteiger partial charge on any atom is -0.365 e. The van der Waals surface area contributed by atoms with Crippen LogP contribution in [-0.2, 0) is 6.54 Å². The Morgan fingerprint density at radius 2 is 1.81 bits per heavy atom. The molecule has 2 heterocycles. The fourth-order valence-electron chi connectivity index (χ4n) is 4.07. The van der Waals surface area contributed by atoms with E-state index in [0.29, 0.717) is 17.6 Å². The van der Waals surface area contributed by atoms with Crippen LogP contribution < -0.4 is 4.90 Å². The Morgan fingerprint density at radius 1 is 1.00 bits per heavy atom. The molecule has 1 fully saturated rings. The highest BCUT2D eigenvalue weighted by Crippen LogP contribution is 2.32. The van der Waals surface area contributed by atoms with E-state index in [-0.39, 0.29) is 0 Å². The molecule has 4 rings (SSSR count). The van der Waals surface area contributed by atoms with E-state index < -0.39 is 0 Å². The van der Waals surface area contributed by atoms with Crippen LogP contribution >= 0.6 is 0 Å². The Bertz CT molecular complexity index is 977. The molecule has 2 aromatic carbocycles. The third-order valence-corrected chi connectivity index (χ3v) is 5.52. The van der Waals surface area contributed by atoms with E-state index >= 15 is 0 Å². The summed E-state index contributed by atoms with van der Waals surface area (Å²) in [6.07, 6.45) is 1.76. The zero-order valence-corrected chi connectivity index (χ0v) is 15.8. The van der Waals surface area contributed by atoms with Gasteiger partial charge in [0.15, 0.2) is 0 Å². The fourth-order valence-corrected chi connectivity index (χ4v) is 4.07. The molecular weight excluding hydrogens is 332 g/mol. The van der Waals surface area contributed by atoms with Gasteiger partial charge in [0, 0.05) is 49.0 Å². The van der Waals surface area contributed by atoms with E-state index in [9.17, 15) is 5.26 Å². The van der Waals surface area contributed by atoms with Crippen molar-refractivity contribution in [2.75, 3.05) is 18.0 Å². The number of rotatable bonds is 3. The molecule has 4 heteroatoms. The van der Waals surface area contributed by atoms with Gasteiger partial charge in [0.25, 0.3) is 0 Å². The lowest BCUT2D eigenvalue weighted by Gasteiger charge is -2.45. The molecule has 0 bridgehead atoms. The molecule has 0 spiro atoms. The fraction of sp³-hybridized carbons (Fsp3) is 0.304. The van der Waals surface area contributed by atoms with Crippen molar-refractivity contribution in [3.05, 3.63) is 71.9 Å². The minimum atomic E-state index is 0.390.